The lowest BCUT2D eigenvalue weighted by molar-refractivity contribution is -0.121. The maximum atomic E-state index is 14.1. The van der Waals surface area contributed by atoms with Crippen LogP contribution in [-0.2, 0) is 4.79 Å². The minimum atomic E-state index is -0.690. The fourth-order valence-corrected chi connectivity index (χ4v) is 4.74. The summed E-state index contributed by atoms with van der Waals surface area (Å²) in [6, 6.07) is 21.9. The summed E-state index contributed by atoms with van der Waals surface area (Å²) in [4.78, 5) is 26.6. The monoisotopic (exact) mass is 427 g/mol. The summed E-state index contributed by atoms with van der Waals surface area (Å²) >= 11 is 0. The van der Waals surface area contributed by atoms with Gasteiger partial charge in [0.25, 0.3) is 11.7 Å². The molecule has 0 bridgehead atoms. The molecule has 32 heavy (non-hydrogen) atoms. The van der Waals surface area contributed by atoms with Gasteiger partial charge in [-0.25, -0.2) is 9.28 Å². The number of aromatic nitrogens is 2. The molecule has 1 aliphatic rings. The molecule has 1 aliphatic heterocycles. The Balaban J connectivity index is 1.66. The van der Waals surface area contributed by atoms with Crippen LogP contribution in [0.3, 0.4) is 0 Å². The minimum absolute atomic E-state index is 0.110. The van der Waals surface area contributed by atoms with Crippen molar-refractivity contribution < 1.29 is 14.1 Å². The summed E-state index contributed by atoms with van der Waals surface area (Å²) in [6.07, 6.45) is 5.05. The number of carbonyl (C=O) groups is 2. The molecule has 160 valence electrons. The maximum Gasteiger partial charge on any atom is 0.390 e. The second-order valence-electron chi connectivity index (χ2n) is 7.98. The molecule has 1 unspecified atom stereocenters. The summed E-state index contributed by atoms with van der Waals surface area (Å²) in [7, 11) is 0. The SMILES string of the molecule is NC(=O)[C@@H]1CCC[N+]1(C(=O)c1cc(-c2ccccc2)no1)c1ccccc1-n1cccc1. The zero-order valence-corrected chi connectivity index (χ0v) is 17.4. The van der Waals surface area contributed by atoms with Crippen molar-refractivity contribution in [3.05, 3.63) is 91.0 Å². The van der Waals surface area contributed by atoms with Crippen LogP contribution in [0.1, 0.15) is 23.4 Å². The van der Waals surface area contributed by atoms with Gasteiger partial charge in [0.15, 0.2) is 11.7 Å². The third kappa shape index (κ3) is 3.14. The molecule has 2 amide bonds. The zero-order chi connectivity index (χ0) is 22.1. The van der Waals surface area contributed by atoms with Crippen molar-refractivity contribution in [3.63, 3.8) is 0 Å². The quantitative estimate of drug-likeness (QED) is 0.489. The van der Waals surface area contributed by atoms with E-state index in [2.05, 4.69) is 5.16 Å². The number of rotatable bonds is 5. The van der Waals surface area contributed by atoms with E-state index in [1.165, 1.54) is 0 Å². The van der Waals surface area contributed by atoms with E-state index in [-0.39, 0.29) is 16.2 Å². The first kappa shape index (κ1) is 20.0. The molecule has 1 fully saturated rings. The summed E-state index contributed by atoms with van der Waals surface area (Å²) in [5.74, 6) is -0.708. The predicted octanol–water partition coefficient (Wildman–Crippen LogP) is 3.93. The molecule has 0 spiro atoms. The number of amides is 2. The van der Waals surface area contributed by atoms with Crippen LogP contribution in [0.2, 0.25) is 0 Å². The van der Waals surface area contributed by atoms with E-state index in [4.69, 9.17) is 10.3 Å². The van der Waals surface area contributed by atoms with Gasteiger partial charge in [-0.2, -0.15) is 0 Å². The highest BCUT2D eigenvalue weighted by Crippen LogP contribution is 2.40. The molecule has 0 aliphatic carbocycles. The first-order chi connectivity index (χ1) is 15.6. The third-order valence-electron chi connectivity index (χ3n) is 6.20. The number of nitrogens with two attached hydrogens (primary N) is 1. The van der Waals surface area contributed by atoms with Crippen molar-refractivity contribution in [2.75, 3.05) is 6.54 Å². The number of nitrogens with zero attached hydrogens (tertiary/aromatic N) is 3. The average Bonchev–Trinajstić information content (AvgIpc) is 3.60. The number of hydrogen-bond acceptors (Lipinski definition) is 4. The molecule has 7 heteroatoms. The van der Waals surface area contributed by atoms with E-state index in [0.717, 1.165) is 11.3 Å². The Bertz CT molecular complexity index is 1260. The highest BCUT2D eigenvalue weighted by molar-refractivity contribution is 6.06. The molecule has 0 radical (unpaired) electrons. The third-order valence-corrected chi connectivity index (χ3v) is 6.20. The van der Waals surface area contributed by atoms with Gasteiger partial charge in [0.05, 0.1) is 6.54 Å². The number of benzene rings is 2. The fourth-order valence-electron chi connectivity index (χ4n) is 4.74. The molecule has 1 saturated heterocycles. The van der Waals surface area contributed by atoms with Gasteiger partial charge in [-0.1, -0.05) is 47.6 Å². The van der Waals surface area contributed by atoms with E-state index in [1.807, 2.05) is 83.7 Å². The maximum absolute atomic E-state index is 14.1. The Kier molecular flexibility index (Phi) is 4.95. The summed E-state index contributed by atoms with van der Waals surface area (Å²) in [5, 5.41) is 4.12. The molecule has 7 nitrogen and oxygen atoms in total. The first-order valence-corrected chi connectivity index (χ1v) is 10.6. The van der Waals surface area contributed by atoms with Crippen LogP contribution in [-0.4, -0.2) is 34.1 Å². The smallest absolute Gasteiger partial charge is 0.364 e. The lowest BCUT2D eigenvalue weighted by atomic mass is 10.1. The van der Waals surface area contributed by atoms with Crippen molar-refractivity contribution in [3.8, 4) is 16.9 Å². The van der Waals surface area contributed by atoms with Crippen LogP contribution in [0.25, 0.3) is 16.9 Å². The summed E-state index contributed by atoms with van der Waals surface area (Å²) < 4.78 is 7.25. The number of likely N-dealkylation sites (tertiary alicyclic amines) is 1. The number of primary amides is 1. The second kappa shape index (κ2) is 7.94. The van der Waals surface area contributed by atoms with Crippen LogP contribution in [0.5, 0.6) is 0 Å². The van der Waals surface area contributed by atoms with E-state index < -0.39 is 11.9 Å². The molecule has 3 heterocycles. The van der Waals surface area contributed by atoms with Gasteiger partial charge < -0.3 is 14.8 Å². The molecular formula is C25H23N4O3+. The molecule has 5 rings (SSSR count). The predicted molar refractivity (Wildman–Crippen MR) is 121 cm³/mol. The number of quaternary nitrogens is 1. The van der Waals surface area contributed by atoms with Crippen LogP contribution in [0, 0.1) is 0 Å². The first-order valence-electron chi connectivity index (χ1n) is 10.6. The van der Waals surface area contributed by atoms with Gasteiger partial charge in [0.2, 0.25) is 0 Å². The molecule has 2 aromatic carbocycles. The van der Waals surface area contributed by atoms with Gasteiger partial charge in [-0.05, 0) is 18.2 Å². The summed E-state index contributed by atoms with van der Waals surface area (Å²) in [6.45, 7) is 0.450. The molecular weight excluding hydrogens is 404 g/mol. The lowest BCUT2D eigenvalue weighted by Gasteiger charge is -2.35. The summed E-state index contributed by atoms with van der Waals surface area (Å²) in [5.41, 5.74) is 8.79. The highest BCUT2D eigenvalue weighted by Gasteiger charge is 2.55. The molecule has 2 N–H and O–H groups in total. The zero-order valence-electron chi connectivity index (χ0n) is 17.4. The normalized spacial score (nSPS) is 20.3. The largest absolute Gasteiger partial charge is 0.390 e. The number of para-hydroxylation sites is 2. The Labute approximate surface area is 185 Å². The van der Waals surface area contributed by atoms with Gasteiger partial charge >= 0.3 is 5.91 Å². The van der Waals surface area contributed by atoms with Crippen LogP contribution >= 0.6 is 0 Å². The van der Waals surface area contributed by atoms with E-state index >= 15 is 0 Å². The standard InChI is InChI=1S/C25H22N4O3/c26-24(30)22-13-8-16-29(22,21-12-5-4-11-20(21)28-14-6-7-15-28)25(31)23-17-19(27-32-23)18-9-2-1-3-10-18/h1-7,9-12,14-15,17,22H,8,13,16H2,(H-,26,30)/p+1/t22-,29?/m0/s1. The van der Waals surface area contributed by atoms with E-state index in [9.17, 15) is 9.59 Å². The Morgan fingerprint density at radius 3 is 2.47 bits per heavy atom. The Hall–Kier alpha value is -3.97. The molecule has 2 aromatic heterocycles. The van der Waals surface area contributed by atoms with Crippen molar-refractivity contribution in [1.29, 1.82) is 0 Å². The van der Waals surface area contributed by atoms with Gasteiger partial charge in [0.1, 0.15) is 11.4 Å². The number of carbonyl (C=O) groups excluding carboxylic acids is 2. The van der Waals surface area contributed by atoms with Crippen molar-refractivity contribution in [2.24, 2.45) is 5.73 Å². The van der Waals surface area contributed by atoms with Crippen molar-refractivity contribution in [2.45, 2.75) is 18.9 Å². The van der Waals surface area contributed by atoms with Crippen LogP contribution in [0.4, 0.5) is 5.69 Å². The Morgan fingerprint density at radius 1 is 1.00 bits per heavy atom. The van der Waals surface area contributed by atoms with Gasteiger partial charge in [0, 0.05) is 42.9 Å². The highest BCUT2D eigenvalue weighted by atomic mass is 16.5. The Morgan fingerprint density at radius 2 is 1.72 bits per heavy atom. The number of hydrogen-bond donors (Lipinski definition) is 1. The van der Waals surface area contributed by atoms with Crippen LogP contribution in [0.15, 0.2) is 89.7 Å². The molecule has 0 saturated carbocycles. The molecule has 4 aromatic rings. The van der Waals surface area contributed by atoms with Crippen LogP contribution < -0.4 is 10.2 Å². The van der Waals surface area contributed by atoms with Gasteiger partial charge in [-0.3, -0.25) is 4.79 Å². The fraction of sp³-hybridized carbons (Fsp3) is 0.160. The average molecular weight is 427 g/mol. The van der Waals surface area contributed by atoms with Gasteiger partial charge in [-0.15, -0.1) is 0 Å². The molecule has 2 atom stereocenters. The minimum Gasteiger partial charge on any atom is -0.364 e. The van der Waals surface area contributed by atoms with Crippen molar-refractivity contribution in [1.82, 2.24) is 14.2 Å². The van der Waals surface area contributed by atoms with Crippen molar-refractivity contribution >= 4 is 17.5 Å². The van der Waals surface area contributed by atoms with E-state index in [1.54, 1.807) is 6.07 Å². The van der Waals surface area contributed by atoms with E-state index in [0.29, 0.717) is 30.8 Å². The second-order valence-corrected chi connectivity index (χ2v) is 7.98. The topological polar surface area (TPSA) is 91.1 Å². The lowest BCUT2D eigenvalue weighted by Crippen LogP contribution is -2.62.